The fraction of sp³-hybridized carbons (Fsp3) is 0. The molecule has 1 aromatic heterocycles. The van der Waals surface area contributed by atoms with E-state index in [9.17, 15) is 0 Å². The lowest BCUT2D eigenvalue weighted by Gasteiger charge is -2.17. The lowest BCUT2D eigenvalue weighted by molar-refractivity contribution is 1.63. The molecule has 0 saturated carbocycles. The van der Waals surface area contributed by atoms with Crippen molar-refractivity contribution < 1.29 is 0 Å². The summed E-state index contributed by atoms with van der Waals surface area (Å²) in [6, 6.07) is 58.4. The molecule has 0 atom stereocenters. The van der Waals surface area contributed by atoms with Crippen molar-refractivity contribution in [3.8, 4) is 22.3 Å². The summed E-state index contributed by atoms with van der Waals surface area (Å²) in [6.07, 6.45) is 0. The molecule has 0 amide bonds. The maximum Gasteiger partial charge on any atom is 0.0361 e. The monoisotopic (exact) mass is 586 g/mol. The number of rotatable bonds is 2. The molecule has 1 heteroatoms. The van der Waals surface area contributed by atoms with Gasteiger partial charge < -0.3 is 0 Å². The molecular weight excluding hydrogens is 561 g/mol. The van der Waals surface area contributed by atoms with Gasteiger partial charge in [0.25, 0.3) is 0 Å². The summed E-state index contributed by atoms with van der Waals surface area (Å²) >= 11 is 1.87. The summed E-state index contributed by atoms with van der Waals surface area (Å²) in [5, 5.41) is 15.9. The average Bonchev–Trinajstić information content (AvgIpc) is 3.50. The van der Waals surface area contributed by atoms with Crippen molar-refractivity contribution in [3.63, 3.8) is 0 Å². The van der Waals surface area contributed by atoms with Crippen molar-refractivity contribution in [2.75, 3.05) is 0 Å². The van der Waals surface area contributed by atoms with Crippen LogP contribution in [0.3, 0.4) is 0 Å². The highest BCUT2D eigenvalue weighted by atomic mass is 32.1. The molecule has 0 spiro atoms. The van der Waals surface area contributed by atoms with Crippen molar-refractivity contribution in [2.45, 2.75) is 0 Å². The standard InChI is InChI=1S/C44H26S/c1-4-13-34-31(10-1)32-11-2-5-14-35(32)44-37-25-24-29(26-39(37)33-12-3-6-15-36(33)43(34)44)27-20-22-28(23-21-27)30-17-9-19-41-42(30)38-16-7-8-18-40(38)45-41/h1-26H. The van der Waals surface area contributed by atoms with Gasteiger partial charge >= 0.3 is 0 Å². The molecule has 0 saturated heterocycles. The van der Waals surface area contributed by atoms with Crippen LogP contribution in [-0.4, -0.2) is 0 Å². The van der Waals surface area contributed by atoms with E-state index in [0.29, 0.717) is 0 Å². The summed E-state index contributed by atoms with van der Waals surface area (Å²) in [4.78, 5) is 0. The molecule has 0 radical (unpaired) electrons. The lowest BCUT2D eigenvalue weighted by atomic mass is 9.86. The smallest absolute Gasteiger partial charge is 0.0361 e. The second-order valence-corrected chi connectivity index (χ2v) is 13.1. The quantitative estimate of drug-likeness (QED) is 0.177. The summed E-state index contributed by atoms with van der Waals surface area (Å²) in [5.41, 5.74) is 5.02. The predicted octanol–water partition coefficient (Wildman–Crippen LogP) is 13.2. The van der Waals surface area contributed by atoms with Gasteiger partial charge in [0.15, 0.2) is 0 Å². The van der Waals surface area contributed by atoms with E-state index in [1.807, 2.05) is 11.3 Å². The highest BCUT2D eigenvalue weighted by Crippen LogP contribution is 2.45. The number of benzene rings is 9. The third-order valence-electron chi connectivity index (χ3n) is 9.64. The zero-order valence-electron chi connectivity index (χ0n) is 24.4. The van der Waals surface area contributed by atoms with Crippen LogP contribution in [0.2, 0.25) is 0 Å². The van der Waals surface area contributed by atoms with Crippen LogP contribution in [0.1, 0.15) is 0 Å². The van der Waals surface area contributed by atoms with Gasteiger partial charge in [0.1, 0.15) is 0 Å². The number of hydrogen-bond donors (Lipinski definition) is 0. The molecule has 1 heterocycles. The van der Waals surface area contributed by atoms with E-state index in [0.717, 1.165) is 0 Å². The van der Waals surface area contributed by atoms with Crippen LogP contribution in [0.4, 0.5) is 0 Å². The largest absolute Gasteiger partial charge is 0.135 e. The Morgan fingerprint density at radius 1 is 0.267 bits per heavy atom. The molecule has 0 aliphatic rings. The van der Waals surface area contributed by atoms with E-state index >= 15 is 0 Å². The van der Waals surface area contributed by atoms with Crippen molar-refractivity contribution in [2.24, 2.45) is 0 Å². The zero-order chi connectivity index (χ0) is 29.5. The first-order chi connectivity index (χ1) is 22.3. The first kappa shape index (κ1) is 24.9. The molecule has 0 fully saturated rings. The van der Waals surface area contributed by atoms with Gasteiger partial charge in [0.05, 0.1) is 0 Å². The van der Waals surface area contributed by atoms with Crippen LogP contribution in [0.5, 0.6) is 0 Å². The molecule has 45 heavy (non-hydrogen) atoms. The minimum Gasteiger partial charge on any atom is -0.135 e. The minimum absolute atomic E-state index is 1.23. The van der Waals surface area contributed by atoms with Crippen LogP contribution in [0.15, 0.2) is 158 Å². The highest BCUT2D eigenvalue weighted by Gasteiger charge is 2.16. The van der Waals surface area contributed by atoms with Crippen LogP contribution >= 0.6 is 11.3 Å². The third kappa shape index (κ3) is 3.59. The minimum atomic E-state index is 1.23. The molecule has 0 nitrogen and oxygen atoms in total. The van der Waals surface area contributed by atoms with Gasteiger partial charge in [0.2, 0.25) is 0 Å². The Balaban J connectivity index is 1.20. The number of fused-ring (bicyclic) bond motifs is 14. The van der Waals surface area contributed by atoms with E-state index in [1.54, 1.807) is 0 Å². The van der Waals surface area contributed by atoms with Gasteiger partial charge in [0, 0.05) is 20.2 Å². The summed E-state index contributed by atoms with van der Waals surface area (Å²) in [7, 11) is 0. The van der Waals surface area contributed by atoms with Gasteiger partial charge in [-0.2, -0.15) is 0 Å². The Labute approximate surface area is 264 Å². The summed E-state index contributed by atoms with van der Waals surface area (Å²) in [5.74, 6) is 0. The van der Waals surface area contributed by atoms with Crippen molar-refractivity contribution in [1.29, 1.82) is 0 Å². The summed E-state index contributed by atoms with van der Waals surface area (Å²) < 4.78 is 2.68. The molecule has 0 bridgehead atoms. The van der Waals surface area contributed by atoms with Crippen molar-refractivity contribution in [1.82, 2.24) is 0 Å². The SMILES string of the molecule is c1ccc2c(c1)sc1cccc(-c3ccc(-c4ccc5c(c4)c4ccccc4c4c6ccccc6c6ccccc6c54)cc3)c12. The van der Waals surface area contributed by atoms with Gasteiger partial charge in [-0.1, -0.05) is 140 Å². The topological polar surface area (TPSA) is 0 Å². The van der Waals surface area contributed by atoms with Gasteiger partial charge in [-0.25, -0.2) is 0 Å². The molecule has 208 valence electrons. The Morgan fingerprint density at radius 3 is 1.38 bits per heavy atom. The van der Waals surface area contributed by atoms with E-state index in [1.165, 1.54) is 96.3 Å². The molecule has 9 aromatic carbocycles. The predicted molar refractivity (Wildman–Crippen MR) is 198 cm³/mol. The first-order valence-electron chi connectivity index (χ1n) is 15.5. The normalized spacial score (nSPS) is 12.0. The van der Waals surface area contributed by atoms with E-state index in [-0.39, 0.29) is 0 Å². The second-order valence-electron chi connectivity index (χ2n) is 12.0. The highest BCUT2D eigenvalue weighted by molar-refractivity contribution is 7.25. The van der Waals surface area contributed by atoms with Crippen LogP contribution in [0, 0.1) is 0 Å². The fourth-order valence-electron chi connectivity index (χ4n) is 7.66. The summed E-state index contributed by atoms with van der Waals surface area (Å²) in [6.45, 7) is 0. The van der Waals surface area contributed by atoms with Crippen LogP contribution in [0.25, 0.3) is 96.3 Å². The van der Waals surface area contributed by atoms with Crippen molar-refractivity contribution >= 4 is 85.4 Å². The van der Waals surface area contributed by atoms with E-state index < -0.39 is 0 Å². The van der Waals surface area contributed by atoms with E-state index in [4.69, 9.17) is 0 Å². The van der Waals surface area contributed by atoms with Gasteiger partial charge in [-0.15, -0.1) is 11.3 Å². The van der Waals surface area contributed by atoms with Gasteiger partial charge in [-0.05, 0) is 94.3 Å². The molecule has 0 N–H and O–H groups in total. The zero-order valence-corrected chi connectivity index (χ0v) is 25.2. The lowest BCUT2D eigenvalue weighted by Crippen LogP contribution is -1.89. The average molecular weight is 587 g/mol. The fourth-order valence-corrected chi connectivity index (χ4v) is 8.79. The van der Waals surface area contributed by atoms with Crippen LogP contribution < -0.4 is 0 Å². The Hall–Kier alpha value is -5.50. The van der Waals surface area contributed by atoms with Crippen molar-refractivity contribution in [3.05, 3.63) is 158 Å². The first-order valence-corrected chi connectivity index (χ1v) is 16.3. The van der Waals surface area contributed by atoms with Gasteiger partial charge in [-0.3, -0.25) is 0 Å². The maximum absolute atomic E-state index is 2.41. The number of hydrogen-bond acceptors (Lipinski definition) is 1. The Bertz CT molecular complexity index is 2800. The van der Waals surface area contributed by atoms with Crippen LogP contribution in [-0.2, 0) is 0 Å². The molecule has 10 aromatic rings. The second kappa shape index (κ2) is 9.50. The van der Waals surface area contributed by atoms with E-state index in [2.05, 4.69) is 158 Å². The molecule has 0 unspecified atom stereocenters. The molecule has 10 rings (SSSR count). The number of thiophene rings is 1. The molecular formula is C44H26S. The maximum atomic E-state index is 2.41. The Kier molecular flexibility index (Phi) is 5.25. The molecule has 0 aliphatic heterocycles. The molecule has 0 aliphatic carbocycles. The Morgan fingerprint density at radius 2 is 0.733 bits per heavy atom. The third-order valence-corrected chi connectivity index (χ3v) is 10.8.